The molecule has 3 saturated carbocycles. The molecule has 7 atom stereocenters. The van der Waals surface area contributed by atoms with Crippen LogP contribution < -0.4 is 0 Å². The molecule has 0 N–H and O–H groups in total. The largest absolute Gasteiger partial charge is 0.463 e. The van der Waals surface area contributed by atoms with E-state index in [0.29, 0.717) is 29.6 Å². The van der Waals surface area contributed by atoms with Crippen molar-refractivity contribution in [3.05, 3.63) is 0 Å². The summed E-state index contributed by atoms with van der Waals surface area (Å²) in [5, 5.41) is 0. The second-order valence-electron chi connectivity index (χ2n) is 9.53. The van der Waals surface area contributed by atoms with Crippen molar-refractivity contribution in [1.29, 1.82) is 0 Å². The van der Waals surface area contributed by atoms with E-state index in [1.54, 1.807) is 0 Å². The van der Waals surface area contributed by atoms with Gasteiger partial charge in [-0.1, -0.05) is 6.92 Å². The van der Waals surface area contributed by atoms with Crippen LogP contribution in [0.25, 0.3) is 0 Å². The summed E-state index contributed by atoms with van der Waals surface area (Å²) < 4.78 is 11.4. The molecule has 4 rings (SSSR count). The van der Waals surface area contributed by atoms with Gasteiger partial charge in [0.1, 0.15) is 11.7 Å². The maximum Gasteiger partial charge on any atom is 0.306 e. The van der Waals surface area contributed by atoms with Crippen LogP contribution in [0.1, 0.15) is 78.6 Å². The zero-order valence-electron chi connectivity index (χ0n) is 15.9. The first-order chi connectivity index (χ1) is 11.8. The van der Waals surface area contributed by atoms with Crippen molar-refractivity contribution in [3.63, 3.8) is 0 Å². The highest BCUT2D eigenvalue weighted by molar-refractivity contribution is 5.71. The lowest BCUT2D eigenvalue weighted by Gasteiger charge is -2.61. The summed E-state index contributed by atoms with van der Waals surface area (Å²) in [6, 6.07) is 0. The summed E-state index contributed by atoms with van der Waals surface area (Å²) >= 11 is 0. The highest BCUT2D eigenvalue weighted by atomic mass is 16.6. The molecule has 1 saturated heterocycles. The highest BCUT2D eigenvalue weighted by Crippen LogP contribution is 2.63. The van der Waals surface area contributed by atoms with E-state index in [1.165, 1.54) is 32.6 Å². The van der Waals surface area contributed by atoms with Crippen molar-refractivity contribution in [1.82, 2.24) is 0 Å². The Hall–Kier alpha value is -1.06. The minimum atomic E-state index is -0.228. The van der Waals surface area contributed by atoms with Crippen LogP contribution in [0.2, 0.25) is 0 Å². The Balaban J connectivity index is 1.53. The van der Waals surface area contributed by atoms with E-state index in [-0.39, 0.29) is 23.6 Å². The normalized spacial score (nSPS) is 49.2. The van der Waals surface area contributed by atoms with E-state index < -0.39 is 0 Å². The van der Waals surface area contributed by atoms with Crippen molar-refractivity contribution in [2.75, 3.05) is 0 Å². The maximum absolute atomic E-state index is 11.8. The molecule has 1 aliphatic heterocycles. The predicted molar refractivity (Wildman–Crippen MR) is 93.7 cm³/mol. The Morgan fingerprint density at radius 1 is 1.08 bits per heavy atom. The number of fused-ring (bicyclic) bond motifs is 5. The quantitative estimate of drug-likeness (QED) is 0.665. The number of hydrogen-bond donors (Lipinski definition) is 0. The molecule has 0 aromatic heterocycles. The van der Waals surface area contributed by atoms with Gasteiger partial charge in [0.2, 0.25) is 0 Å². The molecule has 0 amide bonds. The summed E-state index contributed by atoms with van der Waals surface area (Å²) in [7, 11) is 0. The molecule has 25 heavy (non-hydrogen) atoms. The average Bonchev–Trinajstić information content (AvgIpc) is 2.53. The summed E-state index contributed by atoms with van der Waals surface area (Å²) in [5.41, 5.74) is 0.136. The number of ether oxygens (including phenoxy) is 2. The number of hydrogen-bond acceptors (Lipinski definition) is 4. The molecule has 4 unspecified atom stereocenters. The third-order valence-corrected chi connectivity index (χ3v) is 8.29. The lowest BCUT2D eigenvalue weighted by Crippen LogP contribution is -2.58. The van der Waals surface area contributed by atoms with Gasteiger partial charge in [-0.2, -0.15) is 0 Å². The average molecular weight is 348 g/mol. The molecule has 0 aromatic carbocycles. The first kappa shape index (κ1) is 17.4. The van der Waals surface area contributed by atoms with Crippen molar-refractivity contribution >= 4 is 11.9 Å². The van der Waals surface area contributed by atoms with Gasteiger partial charge in [-0.05, 0) is 81.5 Å². The fourth-order valence-corrected chi connectivity index (χ4v) is 7.08. The minimum Gasteiger partial charge on any atom is -0.463 e. The lowest BCUT2D eigenvalue weighted by atomic mass is 9.46. The molecular formula is C21H32O4. The molecule has 4 fully saturated rings. The zero-order valence-corrected chi connectivity index (χ0v) is 15.9. The molecule has 4 heteroatoms. The van der Waals surface area contributed by atoms with Crippen LogP contribution >= 0.6 is 0 Å². The SMILES string of the molecule is CC(=O)O[C@H]1CC[C@@]2(C)C(CCC3C2CC[C@]2(C)OC(=O)CCC32)C1. The topological polar surface area (TPSA) is 52.6 Å². The second-order valence-corrected chi connectivity index (χ2v) is 9.53. The van der Waals surface area contributed by atoms with Gasteiger partial charge in [0.25, 0.3) is 0 Å². The Labute approximate surface area is 151 Å². The van der Waals surface area contributed by atoms with Crippen LogP contribution in [0.3, 0.4) is 0 Å². The standard InChI is InChI=1S/C21H32O4/c1-13(22)24-15-8-10-20(2)14(12-15)4-5-16-17(20)9-11-21(3)18(16)6-7-19(23)25-21/h14-18H,4-12H2,1-3H3/t14?,15-,16?,17?,18?,20-,21-/m0/s1. The molecule has 0 bridgehead atoms. The predicted octanol–water partition coefficient (Wildman–Crippen LogP) is 4.26. The van der Waals surface area contributed by atoms with Crippen molar-refractivity contribution in [2.45, 2.75) is 90.3 Å². The maximum atomic E-state index is 11.8. The van der Waals surface area contributed by atoms with E-state index >= 15 is 0 Å². The van der Waals surface area contributed by atoms with Crippen molar-refractivity contribution < 1.29 is 19.1 Å². The van der Waals surface area contributed by atoms with E-state index in [2.05, 4.69) is 13.8 Å². The monoisotopic (exact) mass is 348 g/mol. The number of esters is 2. The van der Waals surface area contributed by atoms with Crippen molar-refractivity contribution in [3.8, 4) is 0 Å². The van der Waals surface area contributed by atoms with Crippen LogP contribution in [-0.4, -0.2) is 23.6 Å². The molecule has 3 aliphatic carbocycles. The van der Waals surface area contributed by atoms with Gasteiger partial charge in [0, 0.05) is 19.3 Å². The minimum absolute atomic E-state index is 0.000938. The number of carbonyl (C=O) groups excluding carboxylic acids is 2. The van der Waals surface area contributed by atoms with Gasteiger partial charge < -0.3 is 9.47 Å². The number of carbonyl (C=O) groups is 2. The molecule has 0 spiro atoms. The summed E-state index contributed by atoms with van der Waals surface area (Å²) in [5.74, 6) is 2.49. The van der Waals surface area contributed by atoms with Gasteiger partial charge in [0.15, 0.2) is 0 Å². The molecule has 4 nitrogen and oxygen atoms in total. The fraction of sp³-hybridized carbons (Fsp3) is 0.905. The summed E-state index contributed by atoms with van der Waals surface area (Å²) in [6.45, 7) is 6.20. The van der Waals surface area contributed by atoms with E-state index in [1.807, 2.05) is 0 Å². The van der Waals surface area contributed by atoms with E-state index in [4.69, 9.17) is 9.47 Å². The van der Waals surface area contributed by atoms with E-state index in [9.17, 15) is 9.59 Å². The van der Waals surface area contributed by atoms with Gasteiger partial charge in [-0.3, -0.25) is 9.59 Å². The Morgan fingerprint density at radius 3 is 2.64 bits per heavy atom. The Morgan fingerprint density at radius 2 is 1.88 bits per heavy atom. The van der Waals surface area contributed by atoms with Crippen molar-refractivity contribution in [2.24, 2.45) is 29.1 Å². The zero-order chi connectivity index (χ0) is 17.8. The van der Waals surface area contributed by atoms with Crippen LogP contribution in [0.4, 0.5) is 0 Å². The lowest BCUT2D eigenvalue weighted by molar-refractivity contribution is -0.205. The summed E-state index contributed by atoms with van der Waals surface area (Å²) in [4.78, 5) is 23.2. The van der Waals surface area contributed by atoms with Gasteiger partial charge >= 0.3 is 11.9 Å². The highest BCUT2D eigenvalue weighted by Gasteiger charge is 2.59. The third kappa shape index (κ3) is 2.80. The van der Waals surface area contributed by atoms with Gasteiger partial charge in [-0.25, -0.2) is 0 Å². The van der Waals surface area contributed by atoms with E-state index in [0.717, 1.165) is 31.6 Å². The third-order valence-electron chi connectivity index (χ3n) is 8.29. The summed E-state index contributed by atoms with van der Waals surface area (Å²) in [6.07, 6.45) is 9.60. The first-order valence-corrected chi connectivity index (χ1v) is 10.2. The molecule has 0 radical (unpaired) electrons. The fourth-order valence-electron chi connectivity index (χ4n) is 7.08. The van der Waals surface area contributed by atoms with Gasteiger partial charge in [-0.15, -0.1) is 0 Å². The van der Waals surface area contributed by atoms with Crippen LogP contribution in [0, 0.1) is 29.1 Å². The molecular weight excluding hydrogens is 316 g/mol. The Kier molecular flexibility index (Phi) is 4.16. The number of rotatable bonds is 1. The molecule has 140 valence electrons. The van der Waals surface area contributed by atoms with Crippen LogP contribution in [0.15, 0.2) is 0 Å². The molecule has 0 aromatic rings. The Bertz CT molecular complexity index is 572. The molecule has 1 heterocycles. The van der Waals surface area contributed by atoms with Crippen LogP contribution in [0.5, 0.6) is 0 Å². The van der Waals surface area contributed by atoms with Crippen LogP contribution in [-0.2, 0) is 19.1 Å². The molecule has 4 aliphatic rings. The smallest absolute Gasteiger partial charge is 0.306 e. The first-order valence-electron chi connectivity index (χ1n) is 10.2. The van der Waals surface area contributed by atoms with Gasteiger partial charge in [0.05, 0.1) is 0 Å². The second kappa shape index (κ2) is 5.99.